The van der Waals surface area contributed by atoms with Crippen molar-refractivity contribution in [1.29, 1.82) is 0 Å². The lowest BCUT2D eigenvalue weighted by atomic mass is 10.2. The average Bonchev–Trinajstić information content (AvgIpc) is 3.14. The van der Waals surface area contributed by atoms with Gasteiger partial charge in [0.1, 0.15) is 10.6 Å². The molecule has 5 nitrogen and oxygen atoms in total. The summed E-state index contributed by atoms with van der Waals surface area (Å²) in [6.45, 7) is 2.24. The molecule has 110 valence electrons. The number of aryl methyl sites for hydroxylation is 1. The second-order valence-electron chi connectivity index (χ2n) is 4.20. The van der Waals surface area contributed by atoms with Crippen molar-refractivity contribution < 1.29 is 14.3 Å². The minimum atomic E-state index is -0.199. The number of amides is 1. The molecule has 2 aromatic heterocycles. The highest BCUT2D eigenvalue weighted by atomic mass is 32.1. The van der Waals surface area contributed by atoms with Crippen LogP contribution in [0.25, 0.3) is 0 Å². The second-order valence-corrected chi connectivity index (χ2v) is 5.11. The number of nitrogens with zero attached hydrogens (tertiary/aromatic N) is 1. The Morgan fingerprint density at radius 1 is 1.57 bits per heavy atom. The zero-order valence-corrected chi connectivity index (χ0v) is 12.5. The Balaban J connectivity index is 1.97. The van der Waals surface area contributed by atoms with Crippen LogP contribution in [-0.2, 0) is 13.0 Å². The molecule has 21 heavy (non-hydrogen) atoms. The van der Waals surface area contributed by atoms with Gasteiger partial charge in [-0.25, -0.2) is 4.98 Å². The summed E-state index contributed by atoms with van der Waals surface area (Å²) in [4.78, 5) is 16.8. The summed E-state index contributed by atoms with van der Waals surface area (Å²) in [6, 6.07) is 1.80. The lowest BCUT2D eigenvalue weighted by Crippen LogP contribution is -2.22. The second kappa shape index (κ2) is 7.62. The number of rotatable bonds is 5. The molecular weight excluding hydrogens is 288 g/mol. The molecule has 6 heteroatoms. The van der Waals surface area contributed by atoms with Gasteiger partial charge in [0.25, 0.3) is 5.91 Å². The van der Waals surface area contributed by atoms with Crippen molar-refractivity contribution in [2.45, 2.75) is 26.3 Å². The van der Waals surface area contributed by atoms with Crippen LogP contribution in [0, 0.1) is 11.8 Å². The molecule has 0 fully saturated rings. The molecule has 0 bridgehead atoms. The minimum Gasteiger partial charge on any atom is -0.444 e. The molecular formula is C15H16N2O3S. The molecule has 0 aliphatic carbocycles. The van der Waals surface area contributed by atoms with Gasteiger partial charge in [0.15, 0.2) is 0 Å². The standard InChI is InChI=1S/C15H16N2O3S/c1-2-12-9-16-13(20-12)10-17-15(19)14-11(6-8-21-14)5-3-4-7-18/h6,8-9,18H,2,4,7,10H2,1H3,(H,17,19). The highest BCUT2D eigenvalue weighted by Gasteiger charge is 2.12. The smallest absolute Gasteiger partial charge is 0.263 e. The average molecular weight is 304 g/mol. The highest BCUT2D eigenvalue weighted by Crippen LogP contribution is 2.16. The van der Waals surface area contributed by atoms with E-state index in [4.69, 9.17) is 9.52 Å². The van der Waals surface area contributed by atoms with E-state index in [9.17, 15) is 4.79 Å². The first-order valence-electron chi connectivity index (χ1n) is 6.63. The van der Waals surface area contributed by atoms with E-state index in [0.717, 1.165) is 12.2 Å². The number of aromatic nitrogens is 1. The Morgan fingerprint density at radius 2 is 2.43 bits per heavy atom. The SMILES string of the molecule is CCc1cnc(CNC(=O)c2sccc2C#CCCO)o1. The molecule has 2 heterocycles. The number of thiophene rings is 1. The van der Waals surface area contributed by atoms with Crippen LogP contribution in [0.15, 0.2) is 22.1 Å². The molecule has 0 unspecified atom stereocenters. The van der Waals surface area contributed by atoms with Gasteiger partial charge in [-0.2, -0.15) is 0 Å². The molecule has 0 aliphatic heterocycles. The van der Waals surface area contributed by atoms with Crippen molar-refractivity contribution in [3.8, 4) is 11.8 Å². The third-order valence-electron chi connectivity index (χ3n) is 2.68. The van der Waals surface area contributed by atoms with E-state index in [1.54, 1.807) is 12.3 Å². The fraction of sp³-hybridized carbons (Fsp3) is 0.333. The number of nitrogens with one attached hydrogen (secondary N) is 1. The summed E-state index contributed by atoms with van der Waals surface area (Å²) in [5.41, 5.74) is 0.674. The van der Waals surface area contributed by atoms with E-state index in [2.05, 4.69) is 22.1 Å². The van der Waals surface area contributed by atoms with Crippen LogP contribution in [-0.4, -0.2) is 22.6 Å². The predicted molar refractivity (Wildman–Crippen MR) is 80.0 cm³/mol. The molecule has 0 saturated carbocycles. The van der Waals surface area contributed by atoms with E-state index in [-0.39, 0.29) is 19.1 Å². The third-order valence-corrected chi connectivity index (χ3v) is 3.59. The van der Waals surface area contributed by atoms with Gasteiger partial charge < -0.3 is 14.8 Å². The van der Waals surface area contributed by atoms with Crippen LogP contribution in [0.1, 0.15) is 40.2 Å². The van der Waals surface area contributed by atoms with E-state index in [0.29, 0.717) is 22.8 Å². The van der Waals surface area contributed by atoms with Crippen molar-refractivity contribution in [2.24, 2.45) is 0 Å². The Labute approximate surface area is 127 Å². The summed E-state index contributed by atoms with van der Waals surface area (Å²) in [6.07, 6.45) is 2.84. The molecule has 0 radical (unpaired) electrons. The zero-order valence-electron chi connectivity index (χ0n) is 11.7. The number of carbonyl (C=O) groups excluding carboxylic acids is 1. The fourth-order valence-corrected chi connectivity index (χ4v) is 2.39. The van der Waals surface area contributed by atoms with Gasteiger partial charge in [-0.15, -0.1) is 11.3 Å². The van der Waals surface area contributed by atoms with E-state index < -0.39 is 0 Å². The maximum atomic E-state index is 12.1. The number of hydrogen-bond donors (Lipinski definition) is 2. The van der Waals surface area contributed by atoms with Crippen molar-refractivity contribution in [1.82, 2.24) is 10.3 Å². The van der Waals surface area contributed by atoms with Crippen LogP contribution in [0.3, 0.4) is 0 Å². The van der Waals surface area contributed by atoms with Crippen LogP contribution in [0.4, 0.5) is 0 Å². The lowest BCUT2D eigenvalue weighted by Gasteiger charge is -2.01. The normalized spacial score (nSPS) is 10.0. The molecule has 0 spiro atoms. The highest BCUT2D eigenvalue weighted by molar-refractivity contribution is 7.12. The first kappa shape index (κ1) is 15.3. The van der Waals surface area contributed by atoms with Crippen LogP contribution < -0.4 is 5.32 Å². The predicted octanol–water partition coefficient (Wildman–Crippen LogP) is 1.96. The summed E-state index contributed by atoms with van der Waals surface area (Å²) < 4.78 is 5.43. The Bertz CT molecular complexity index is 664. The topological polar surface area (TPSA) is 75.4 Å². The molecule has 0 saturated heterocycles. The number of oxazole rings is 1. The monoisotopic (exact) mass is 304 g/mol. The lowest BCUT2D eigenvalue weighted by molar-refractivity contribution is 0.0951. The number of hydrogen-bond acceptors (Lipinski definition) is 5. The molecule has 2 rings (SSSR count). The summed E-state index contributed by atoms with van der Waals surface area (Å²) in [7, 11) is 0. The molecule has 0 aliphatic rings. The molecule has 2 aromatic rings. The van der Waals surface area contributed by atoms with E-state index >= 15 is 0 Å². The van der Waals surface area contributed by atoms with Gasteiger partial charge in [-0.3, -0.25) is 4.79 Å². The van der Waals surface area contributed by atoms with E-state index in [1.165, 1.54) is 11.3 Å². The van der Waals surface area contributed by atoms with Crippen LogP contribution in [0.5, 0.6) is 0 Å². The number of carbonyl (C=O) groups is 1. The largest absolute Gasteiger partial charge is 0.444 e. The minimum absolute atomic E-state index is 0.0165. The van der Waals surface area contributed by atoms with E-state index in [1.807, 2.05) is 12.3 Å². The quantitative estimate of drug-likeness (QED) is 0.828. The summed E-state index contributed by atoms with van der Waals surface area (Å²) in [5, 5.41) is 13.3. The molecule has 0 aromatic carbocycles. The number of aliphatic hydroxyl groups is 1. The Hall–Kier alpha value is -2.10. The van der Waals surface area contributed by atoms with Gasteiger partial charge in [-0.1, -0.05) is 18.8 Å². The fourth-order valence-electron chi connectivity index (χ4n) is 1.63. The molecule has 0 atom stereocenters. The Kier molecular flexibility index (Phi) is 5.55. The van der Waals surface area contributed by atoms with Gasteiger partial charge in [0.2, 0.25) is 5.89 Å². The van der Waals surface area contributed by atoms with Crippen LogP contribution in [0.2, 0.25) is 0 Å². The van der Waals surface area contributed by atoms with Crippen molar-refractivity contribution in [3.05, 3.63) is 39.7 Å². The van der Waals surface area contributed by atoms with Crippen LogP contribution >= 0.6 is 11.3 Å². The summed E-state index contributed by atoms with van der Waals surface area (Å²) in [5.74, 6) is 6.79. The number of aliphatic hydroxyl groups excluding tert-OH is 1. The first-order valence-corrected chi connectivity index (χ1v) is 7.51. The van der Waals surface area contributed by atoms with Gasteiger partial charge in [-0.05, 0) is 11.4 Å². The van der Waals surface area contributed by atoms with Gasteiger partial charge in [0.05, 0.1) is 19.3 Å². The zero-order chi connectivity index (χ0) is 15.1. The van der Waals surface area contributed by atoms with Gasteiger partial charge in [0, 0.05) is 18.4 Å². The summed E-state index contributed by atoms with van der Waals surface area (Å²) >= 11 is 1.33. The van der Waals surface area contributed by atoms with Gasteiger partial charge >= 0.3 is 0 Å². The maximum Gasteiger partial charge on any atom is 0.263 e. The Morgan fingerprint density at radius 3 is 3.14 bits per heavy atom. The van der Waals surface area contributed by atoms with Crippen molar-refractivity contribution in [3.63, 3.8) is 0 Å². The maximum absolute atomic E-state index is 12.1. The third kappa shape index (κ3) is 4.18. The van der Waals surface area contributed by atoms with Crippen molar-refractivity contribution >= 4 is 17.2 Å². The van der Waals surface area contributed by atoms with Crippen molar-refractivity contribution in [2.75, 3.05) is 6.61 Å². The molecule has 1 amide bonds. The molecule has 2 N–H and O–H groups in total. The first-order chi connectivity index (χ1) is 10.2.